The number of aromatic nitrogens is 4. The van der Waals surface area contributed by atoms with Crippen LogP contribution in [-0.2, 0) is 4.79 Å². The largest absolute Gasteiger partial charge is 0.349 e. The number of hydrogen-bond acceptors (Lipinski definition) is 6. The highest BCUT2D eigenvalue weighted by Gasteiger charge is 2.49. The van der Waals surface area contributed by atoms with Crippen LogP contribution in [0.1, 0.15) is 12.0 Å². The Hall–Kier alpha value is -3.58. The fourth-order valence-corrected chi connectivity index (χ4v) is 6.04. The van der Waals surface area contributed by atoms with Gasteiger partial charge in [-0.2, -0.15) is 0 Å². The minimum absolute atomic E-state index is 0.00409. The number of carbonyl (C=O) groups is 1. The van der Waals surface area contributed by atoms with Gasteiger partial charge in [0.1, 0.15) is 12.1 Å². The van der Waals surface area contributed by atoms with Gasteiger partial charge in [0.15, 0.2) is 0 Å². The van der Waals surface area contributed by atoms with Gasteiger partial charge in [-0.25, -0.2) is 9.97 Å². The molecule has 2 fully saturated rings. The number of likely N-dealkylation sites (tertiary alicyclic amines) is 1. The molecular formula is C26H19IN6O. The summed E-state index contributed by atoms with van der Waals surface area (Å²) in [6.45, 7) is 5.11. The van der Waals surface area contributed by atoms with Gasteiger partial charge in [-0.3, -0.25) is 14.8 Å². The number of anilines is 1. The van der Waals surface area contributed by atoms with E-state index < -0.39 is 0 Å². The number of benzene rings is 1. The molecule has 5 heterocycles. The molecule has 0 aliphatic carbocycles. The first kappa shape index (κ1) is 21.0. The molecule has 4 aromatic rings. The van der Waals surface area contributed by atoms with Crippen LogP contribution in [-0.4, -0.2) is 55.9 Å². The first-order chi connectivity index (χ1) is 16.6. The van der Waals surface area contributed by atoms with E-state index in [9.17, 15) is 4.79 Å². The number of carbonyl (C=O) groups excluding carboxylic acids is 1. The van der Waals surface area contributed by atoms with Crippen molar-refractivity contribution in [3.8, 4) is 23.6 Å². The maximum Gasteiger partial charge on any atom is 0.246 e. The van der Waals surface area contributed by atoms with Gasteiger partial charge in [0.05, 0.1) is 32.3 Å². The molecule has 2 aliphatic heterocycles. The molecule has 0 spiro atoms. The lowest BCUT2D eigenvalue weighted by Gasteiger charge is -2.47. The maximum absolute atomic E-state index is 12.2. The first-order valence-corrected chi connectivity index (χ1v) is 12.0. The molecule has 0 bridgehead atoms. The van der Waals surface area contributed by atoms with Crippen molar-refractivity contribution < 1.29 is 4.79 Å². The highest BCUT2D eigenvalue weighted by Crippen LogP contribution is 2.40. The molecule has 0 radical (unpaired) electrons. The minimum atomic E-state index is -0.00409. The van der Waals surface area contributed by atoms with Crippen LogP contribution >= 0.6 is 22.6 Å². The summed E-state index contributed by atoms with van der Waals surface area (Å²) in [6.07, 6.45) is 15.2. The summed E-state index contributed by atoms with van der Waals surface area (Å²) in [6, 6.07) is 6.32. The number of halogens is 1. The number of rotatable bonds is 3. The van der Waals surface area contributed by atoms with Crippen LogP contribution in [0, 0.1) is 15.9 Å². The Balaban J connectivity index is 1.44. The van der Waals surface area contributed by atoms with Crippen LogP contribution in [0.15, 0.2) is 55.8 Å². The van der Waals surface area contributed by atoms with Crippen LogP contribution < -0.4 is 4.90 Å². The van der Waals surface area contributed by atoms with E-state index in [1.807, 2.05) is 41.7 Å². The van der Waals surface area contributed by atoms with Gasteiger partial charge in [-0.05, 0) is 41.2 Å². The summed E-state index contributed by atoms with van der Waals surface area (Å²) < 4.78 is 0.923. The number of pyridine rings is 2. The van der Waals surface area contributed by atoms with Gasteiger partial charge in [0.2, 0.25) is 5.91 Å². The van der Waals surface area contributed by atoms with Gasteiger partial charge in [-0.15, -0.1) is 6.42 Å². The molecule has 0 saturated carbocycles. The summed E-state index contributed by atoms with van der Waals surface area (Å²) in [5, 5.41) is 2.83. The zero-order valence-corrected chi connectivity index (χ0v) is 20.3. The van der Waals surface area contributed by atoms with E-state index in [-0.39, 0.29) is 18.0 Å². The van der Waals surface area contributed by atoms with E-state index in [0.717, 1.165) is 67.4 Å². The normalized spacial score (nSPS) is 19.1. The van der Waals surface area contributed by atoms with E-state index in [4.69, 9.17) is 11.4 Å². The summed E-state index contributed by atoms with van der Waals surface area (Å²) in [7, 11) is 0. The molecule has 2 aliphatic rings. The Morgan fingerprint density at radius 1 is 1.21 bits per heavy atom. The lowest BCUT2D eigenvalue weighted by Crippen LogP contribution is -2.63. The van der Waals surface area contributed by atoms with Crippen LogP contribution in [0.25, 0.3) is 32.9 Å². The number of amides is 1. The van der Waals surface area contributed by atoms with Crippen LogP contribution in [0.3, 0.4) is 0 Å². The van der Waals surface area contributed by atoms with Crippen molar-refractivity contribution in [2.45, 2.75) is 18.5 Å². The van der Waals surface area contributed by atoms with Gasteiger partial charge in [-0.1, -0.05) is 24.6 Å². The van der Waals surface area contributed by atoms with E-state index in [0.29, 0.717) is 0 Å². The van der Waals surface area contributed by atoms with Crippen molar-refractivity contribution in [3.63, 3.8) is 0 Å². The third kappa shape index (κ3) is 3.00. The molecule has 2 atom stereocenters. The Morgan fingerprint density at radius 2 is 2.09 bits per heavy atom. The third-order valence-corrected chi connectivity index (χ3v) is 7.84. The number of fused-ring (bicyclic) bond motifs is 3. The second-order valence-electron chi connectivity index (χ2n) is 8.43. The van der Waals surface area contributed by atoms with Crippen molar-refractivity contribution in [2.75, 3.05) is 18.0 Å². The van der Waals surface area contributed by atoms with Crippen molar-refractivity contribution >= 4 is 56.0 Å². The number of hydrogen-bond donors (Lipinski definition) is 0. The second-order valence-corrected chi connectivity index (χ2v) is 9.51. The summed E-state index contributed by atoms with van der Waals surface area (Å²) >= 11 is 2.30. The first-order valence-electron chi connectivity index (χ1n) is 10.9. The van der Waals surface area contributed by atoms with E-state index in [1.54, 1.807) is 6.33 Å². The Bertz CT molecular complexity index is 1540. The minimum Gasteiger partial charge on any atom is -0.349 e. The van der Waals surface area contributed by atoms with Crippen LogP contribution in [0.2, 0.25) is 0 Å². The van der Waals surface area contributed by atoms with E-state index in [2.05, 4.69) is 54.9 Å². The van der Waals surface area contributed by atoms with Crippen LogP contribution in [0.5, 0.6) is 0 Å². The fourth-order valence-electron chi connectivity index (χ4n) is 5.18. The summed E-state index contributed by atoms with van der Waals surface area (Å²) in [5.41, 5.74) is 3.33. The number of terminal acetylenes is 1. The summed E-state index contributed by atoms with van der Waals surface area (Å²) in [5.74, 6) is 3.64. The van der Waals surface area contributed by atoms with Gasteiger partial charge >= 0.3 is 0 Å². The molecule has 1 aromatic carbocycles. The Kier molecular flexibility index (Phi) is 4.95. The standard InChI is InChI=1S/C26H19IN6O/c1-3-15-6-5-7-16-10-28-11-17(22(15)16)24-23(27)25-18(12-29-24)26(31-14-30-25)33-13-20-19(33)8-9-32(20)21(34)4-2/h1,4-7,10-12,14,19-20H,2,8-9,13H2/t19-,20-/m1/s1. The molecule has 3 aromatic heterocycles. The molecule has 0 N–H and O–H groups in total. The van der Waals surface area contributed by atoms with Crippen molar-refractivity contribution in [3.05, 3.63) is 64.9 Å². The monoisotopic (exact) mass is 558 g/mol. The molecule has 0 unspecified atom stereocenters. The average Bonchev–Trinajstić information content (AvgIpc) is 3.19. The molecule has 2 saturated heterocycles. The third-order valence-electron chi connectivity index (χ3n) is 6.82. The Morgan fingerprint density at radius 3 is 2.91 bits per heavy atom. The molecule has 6 rings (SSSR count). The van der Waals surface area contributed by atoms with E-state index >= 15 is 0 Å². The molecule has 166 valence electrons. The summed E-state index contributed by atoms with van der Waals surface area (Å²) in [4.78, 5) is 34.8. The zero-order valence-electron chi connectivity index (χ0n) is 18.1. The highest BCUT2D eigenvalue weighted by molar-refractivity contribution is 14.1. The topological polar surface area (TPSA) is 75.1 Å². The second kappa shape index (κ2) is 8.02. The fraction of sp³-hybridized carbons (Fsp3) is 0.192. The SMILES string of the molecule is C#Cc1cccc2cncc(-c3ncc4c(N5C[C@@H]6[C@H]5CCN6C(=O)C=C)ncnc4c3I)c12. The lowest BCUT2D eigenvalue weighted by atomic mass is 9.96. The maximum atomic E-state index is 12.2. The zero-order chi connectivity index (χ0) is 23.4. The van der Waals surface area contributed by atoms with E-state index in [1.165, 1.54) is 6.08 Å². The quantitative estimate of drug-likeness (QED) is 0.217. The smallest absolute Gasteiger partial charge is 0.246 e. The molecule has 7 nitrogen and oxygen atoms in total. The van der Waals surface area contributed by atoms with Gasteiger partial charge in [0.25, 0.3) is 0 Å². The van der Waals surface area contributed by atoms with Crippen molar-refractivity contribution in [2.24, 2.45) is 0 Å². The van der Waals surface area contributed by atoms with Crippen molar-refractivity contribution in [1.82, 2.24) is 24.8 Å². The lowest BCUT2D eigenvalue weighted by molar-refractivity contribution is -0.127. The molecule has 34 heavy (non-hydrogen) atoms. The predicted molar refractivity (Wildman–Crippen MR) is 140 cm³/mol. The van der Waals surface area contributed by atoms with Crippen molar-refractivity contribution in [1.29, 1.82) is 0 Å². The van der Waals surface area contributed by atoms with Gasteiger partial charge in [0, 0.05) is 53.6 Å². The van der Waals surface area contributed by atoms with Crippen LogP contribution in [0.4, 0.5) is 5.82 Å². The molecule has 1 amide bonds. The highest BCUT2D eigenvalue weighted by atomic mass is 127. The molecular weight excluding hydrogens is 539 g/mol. The number of nitrogens with zero attached hydrogens (tertiary/aromatic N) is 6. The Labute approximate surface area is 210 Å². The predicted octanol–water partition coefficient (Wildman–Crippen LogP) is 3.80. The molecule has 8 heteroatoms. The van der Waals surface area contributed by atoms with Gasteiger partial charge < -0.3 is 9.80 Å². The average molecular weight is 558 g/mol.